The van der Waals surface area contributed by atoms with Crippen LogP contribution in [0.25, 0.3) is 0 Å². The van der Waals surface area contributed by atoms with Crippen molar-refractivity contribution < 1.29 is 14.6 Å². The number of ether oxygens (including phenoxy) is 2. The van der Waals surface area contributed by atoms with Crippen LogP contribution in [0.4, 0.5) is 0 Å². The maximum atomic E-state index is 9.57. The third kappa shape index (κ3) is 2.65. The molecular formula is C13H20ClNO3. The first kappa shape index (κ1) is 14.9. The molecule has 0 bridgehead atoms. The molecule has 0 spiro atoms. The van der Waals surface area contributed by atoms with Gasteiger partial charge in [0.2, 0.25) is 0 Å². The van der Waals surface area contributed by atoms with E-state index in [0.29, 0.717) is 17.4 Å². The van der Waals surface area contributed by atoms with Crippen molar-refractivity contribution in [2.75, 3.05) is 14.2 Å². The van der Waals surface area contributed by atoms with Crippen LogP contribution < -0.4 is 15.2 Å². The SMILES string of the molecule is COc1cc(O)cc(OC)c1[C@H](N)C1CCC1.Cl. The molecule has 1 aliphatic rings. The summed E-state index contributed by atoms with van der Waals surface area (Å²) in [6.45, 7) is 0. The summed E-state index contributed by atoms with van der Waals surface area (Å²) >= 11 is 0. The van der Waals surface area contributed by atoms with Gasteiger partial charge in [0.15, 0.2) is 0 Å². The molecule has 3 N–H and O–H groups in total. The number of methoxy groups -OCH3 is 2. The molecule has 0 saturated heterocycles. The molecular weight excluding hydrogens is 254 g/mol. The fraction of sp³-hybridized carbons (Fsp3) is 0.538. The Bertz CT molecular complexity index is 382. The summed E-state index contributed by atoms with van der Waals surface area (Å²) in [7, 11) is 3.15. The Morgan fingerprint density at radius 1 is 1.22 bits per heavy atom. The second kappa shape index (κ2) is 6.16. The predicted octanol–water partition coefficient (Wildman–Crippen LogP) is 2.63. The highest BCUT2D eigenvalue weighted by Crippen LogP contribution is 2.44. The zero-order valence-electron chi connectivity index (χ0n) is 10.7. The van der Waals surface area contributed by atoms with Gasteiger partial charge in [-0.3, -0.25) is 0 Å². The van der Waals surface area contributed by atoms with E-state index in [1.54, 1.807) is 26.4 Å². The fourth-order valence-electron chi connectivity index (χ4n) is 2.29. The third-order valence-corrected chi connectivity index (χ3v) is 3.52. The summed E-state index contributed by atoms with van der Waals surface area (Å²) in [5.74, 6) is 1.81. The molecule has 18 heavy (non-hydrogen) atoms. The van der Waals surface area contributed by atoms with Crippen LogP contribution in [0.15, 0.2) is 12.1 Å². The minimum atomic E-state index is -0.0887. The number of phenols is 1. The van der Waals surface area contributed by atoms with Crippen LogP contribution >= 0.6 is 12.4 Å². The van der Waals surface area contributed by atoms with Gasteiger partial charge in [-0.15, -0.1) is 12.4 Å². The Labute approximate surface area is 113 Å². The second-order valence-electron chi connectivity index (χ2n) is 4.48. The van der Waals surface area contributed by atoms with E-state index in [0.717, 1.165) is 18.4 Å². The van der Waals surface area contributed by atoms with Crippen LogP contribution in [0.3, 0.4) is 0 Å². The monoisotopic (exact) mass is 273 g/mol. The molecule has 1 atom stereocenters. The van der Waals surface area contributed by atoms with Crippen LogP contribution in [0, 0.1) is 5.92 Å². The normalized spacial score (nSPS) is 16.4. The Kier molecular flexibility index (Phi) is 5.11. The van der Waals surface area contributed by atoms with Gasteiger partial charge in [-0.2, -0.15) is 0 Å². The highest BCUT2D eigenvalue weighted by Gasteiger charge is 2.30. The summed E-state index contributed by atoms with van der Waals surface area (Å²) in [5.41, 5.74) is 7.12. The van der Waals surface area contributed by atoms with Gasteiger partial charge in [0.05, 0.1) is 19.8 Å². The van der Waals surface area contributed by atoms with Crippen LogP contribution in [0.2, 0.25) is 0 Å². The fourth-order valence-corrected chi connectivity index (χ4v) is 2.29. The average Bonchev–Trinajstić information content (AvgIpc) is 2.24. The van der Waals surface area contributed by atoms with E-state index in [4.69, 9.17) is 15.2 Å². The zero-order chi connectivity index (χ0) is 12.4. The topological polar surface area (TPSA) is 64.7 Å². The van der Waals surface area contributed by atoms with E-state index in [1.807, 2.05) is 0 Å². The summed E-state index contributed by atoms with van der Waals surface area (Å²) in [6.07, 6.45) is 3.53. The Hall–Kier alpha value is -1.13. The first-order valence-corrected chi connectivity index (χ1v) is 5.87. The lowest BCUT2D eigenvalue weighted by atomic mass is 9.77. The number of aromatic hydroxyl groups is 1. The third-order valence-electron chi connectivity index (χ3n) is 3.52. The van der Waals surface area contributed by atoms with Crippen LogP contribution in [0.5, 0.6) is 17.2 Å². The van der Waals surface area contributed by atoms with Crippen molar-refractivity contribution in [3.05, 3.63) is 17.7 Å². The highest BCUT2D eigenvalue weighted by atomic mass is 35.5. The van der Waals surface area contributed by atoms with Crippen molar-refractivity contribution in [2.24, 2.45) is 11.7 Å². The molecule has 0 radical (unpaired) electrons. The standard InChI is InChI=1S/C13H19NO3.ClH/c1-16-10-6-9(15)7-11(17-2)12(10)13(14)8-4-3-5-8;/h6-8,13,15H,3-5,14H2,1-2H3;1H/t13-;/m1./s1. The van der Waals surface area contributed by atoms with Gasteiger partial charge in [0.1, 0.15) is 17.2 Å². The molecule has 5 heteroatoms. The lowest BCUT2D eigenvalue weighted by molar-refractivity contribution is 0.253. The van der Waals surface area contributed by atoms with E-state index < -0.39 is 0 Å². The number of phenolic OH excluding ortho intramolecular Hbond substituents is 1. The molecule has 2 rings (SSSR count). The number of nitrogens with two attached hydrogens (primary N) is 1. The Morgan fingerprint density at radius 2 is 1.72 bits per heavy atom. The average molecular weight is 274 g/mol. The van der Waals surface area contributed by atoms with Gasteiger partial charge in [-0.25, -0.2) is 0 Å². The first-order valence-electron chi connectivity index (χ1n) is 5.87. The van der Waals surface area contributed by atoms with Crippen molar-refractivity contribution >= 4 is 12.4 Å². The lowest BCUT2D eigenvalue weighted by Gasteiger charge is -2.32. The molecule has 4 nitrogen and oxygen atoms in total. The summed E-state index contributed by atoms with van der Waals surface area (Å²) < 4.78 is 10.6. The predicted molar refractivity (Wildman–Crippen MR) is 72.7 cm³/mol. The number of halogens is 1. The van der Waals surface area contributed by atoms with Crippen LogP contribution in [0.1, 0.15) is 30.9 Å². The number of hydrogen-bond acceptors (Lipinski definition) is 4. The van der Waals surface area contributed by atoms with E-state index >= 15 is 0 Å². The maximum Gasteiger partial charge on any atom is 0.131 e. The van der Waals surface area contributed by atoms with Gasteiger partial charge in [0, 0.05) is 18.2 Å². The first-order chi connectivity index (χ1) is 8.17. The van der Waals surface area contributed by atoms with Crippen LogP contribution in [-0.4, -0.2) is 19.3 Å². The molecule has 0 aliphatic heterocycles. The zero-order valence-corrected chi connectivity index (χ0v) is 11.5. The number of rotatable bonds is 4. The van der Waals surface area contributed by atoms with Crippen molar-refractivity contribution in [3.8, 4) is 17.2 Å². The molecule has 1 saturated carbocycles. The van der Waals surface area contributed by atoms with E-state index in [9.17, 15) is 5.11 Å². The summed E-state index contributed by atoms with van der Waals surface area (Å²) in [4.78, 5) is 0. The molecule has 0 heterocycles. The van der Waals surface area contributed by atoms with Crippen molar-refractivity contribution in [3.63, 3.8) is 0 Å². The smallest absolute Gasteiger partial charge is 0.131 e. The summed E-state index contributed by atoms with van der Waals surface area (Å²) in [6, 6.07) is 3.07. The molecule has 102 valence electrons. The van der Waals surface area contributed by atoms with E-state index in [-0.39, 0.29) is 24.2 Å². The van der Waals surface area contributed by atoms with Crippen molar-refractivity contribution in [1.29, 1.82) is 0 Å². The van der Waals surface area contributed by atoms with E-state index in [1.165, 1.54) is 6.42 Å². The van der Waals surface area contributed by atoms with Gasteiger partial charge in [-0.05, 0) is 18.8 Å². The van der Waals surface area contributed by atoms with Crippen molar-refractivity contribution in [1.82, 2.24) is 0 Å². The van der Waals surface area contributed by atoms with Crippen molar-refractivity contribution in [2.45, 2.75) is 25.3 Å². The Balaban J connectivity index is 0.00000162. The van der Waals surface area contributed by atoms with Gasteiger partial charge >= 0.3 is 0 Å². The largest absolute Gasteiger partial charge is 0.508 e. The molecule has 1 aromatic carbocycles. The highest BCUT2D eigenvalue weighted by molar-refractivity contribution is 5.85. The molecule has 1 aromatic rings. The molecule has 1 aliphatic carbocycles. The van der Waals surface area contributed by atoms with E-state index in [2.05, 4.69) is 0 Å². The molecule has 0 amide bonds. The lowest BCUT2D eigenvalue weighted by Crippen LogP contribution is -2.27. The minimum absolute atomic E-state index is 0. The van der Waals surface area contributed by atoms with Gasteiger partial charge in [-0.1, -0.05) is 6.42 Å². The molecule has 1 fully saturated rings. The quantitative estimate of drug-likeness (QED) is 0.885. The van der Waals surface area contributed by atoms with Crippen LogP contribution in [-0.2, 0) is 0 Å². The van der Waals surface area contributed by atoms with Gasteiger partial charge < -0.3 is 20.3 Å². The number of hydrogen-bond donors (Lipinski definition) is 2. The molecule has 0 unspecified atom stereocenters. The van der Waals surface area contributed by atoms with Gasteiger partial charge in [0.25, 0.3) is 0 Å². The summed E-state index contributed by atoms with van der Waals surface area (Å²) in [5, 5.41) is 9.57. The molecule has 0 aromatic heterocycles. The number of benzene rings is 1. The Morgan fingerprint density at radius 3 is 2.06 bits per heavy atom. The minimum Gasteiger partial charge on any atom is -0.508 e. The second-order valence-corrected chi connectivity index (χ2v) is 4.48. The maximum absolute atomic E-state index is 9.57.